The molecule has 0 saturated carbocycles. The fourth-order valence-corrected chi connectivity index (χ4v) is 1.31. The highest BCUT2D eigenvalue weighted by atomic mass is 19.4. The van der Waals surface area contributed by atoms with Gasteiger partial charge >= 0.3 is 6.18 Å². The molecule has 0 bridgehead atoms. The summed E-state index contributed by atoms with van der Waals surface area (Å²) in [6.07, 6.45) is -3.63. The smallest absolute Gasteiger partial charge is 0.401 e. The first-order valence-electron chi connectivity index (χ1n) is 4.67. The van der Waals surface area contributed by atoms with E-state index in [4.69, 9.17) is 4.42 Å². The second-order valence-corrected chi connectivity index (χ2v) is 3.62. The summed E-state index contributed by atoms with van der Waals surface area (Å²) >= 11 is 0. The van der Waals surface area contributed by atoms with Gasteiger partial charge < -0.3 is 4.42 Å². The van der Waals surface area contributed by atoms with Crippen LogP contribution >= 0.6 is 0 Å². The van der Waals surface area contributed by atoms with Gasteiger partial charge in [-0.3, -0.25) is 4.90 Å². The maximum atomic E-state index is 12.0. The lowest BCUT2D eigenvalue weighted by Gasteiger charge is -2.17. The Morgan fingerprint density at radius 1 is 1.33 bits per heavy atom. The van der Waals surface area contributed by atoms with Gasteiger partial charge in [0.25, 0.3) is 0 Å². The van der Waals surface area contributed by atoms with Gasteiger partial charge in [0, 0.05) is 13.0 Å². The molecule has 0 radical (unpaired) electrons. The molecule has 0 aliphatic carbocycles. The number of rotatable bonds is 4. The second-order valence-electron chi connectivity index (χ2n) is 3.62. The van der Waals surface area contributed by atoms with Gasteiger partial charge in [0.15, 0.2) is 0 Å². The minimum Gasteiger partial charge on any atom is -0.466 e. The predicted octanol–water partition coefficient (Wildman–Crippen LogP) is 2.62. The van der Waals surface area contributed by atoms with Crippen LogP contribution in [-0.2, 0) is 6.42 Å². The minimum atomic E-state index is -4.13. The van der Waals surface area contributed by atoms with Gasteiger partial charge in [0.1, 0.15) is 11.5 Å². The summed E-state index contributed by atoms with van der Waals surface area (Å²) < 4.78 is 41.2. The molecule has 1 rings (SSSR count). The molecule has 1 aromatic heterocycles. The summed E-state index contributed by atoms with van der Waals surface area (Å²) in [4.78, 5) is 1.23. The highest BCUT2D eigenvalue weighted by molar-refractivity contribution is 5.05. The third-order valence-electron chi connectivity index (χ3n) is 1.99. The average molecular weight is 221 g/mol. The summed E-state index contributed by atoms with van der Waals surface area (Å²) in [5, 5.41) is 0. The van der Waals surface area contributed by atoms with Gasteiger partial charge in [0.05, 0.1) is 6.54 Å². The van der Waals surface area contributed by atoms with Gasteiger partial charge in [-0.25, -0.2) is 0 Å². The first-order valence-corrected chi connectivity index (χ1v) is 4.67. The van der Waals surface area contributed by atoms with Crippen molar-refractivity contribution in [1.29, 1.82) is 0 Å². The van der Waals surface area contributed by atoms with Crippen molar-refractivity contribution < 1.29 is 17.6 Å². The molecule has 0 aromatic carbocycles. The Morgan fingerprint density at radius 3 is 2.47 bits per heavy atom. The molecule has 1 aromatic rings. The van der Waals surface area contributed by atoms with Crippen LogP contribution in [0.25, 0.3) is 0 Å². The van der Waals surface area contributed by atoms with Crippen molar-refractivity contribution in [3.63, 3.8) is 0 Å². The first-order chi connectivity index (χ1) is 6.87. The Kier molecular flexibility index (Phi) is 3.79. The fraction of sp³-hybridized carbons (Fsp3) is 0.600. The molecule has 0 spiro atoms. The van der Waals surface area contributed by atoms with E-state index >= 15 is 0 Å². The van der Waals surface area contributed by atoms with E-state index < -0.39 is 12.7 Å². The fourth-order valence-electron chi connectivity index (χ4n) is 1.31. The third kappa shape index (κ3) is 4.88. The Labute approximate surface area is 86.7 Å². The normalized spacial score (nSPS) is 12.4. The number of aryl methyl sites for hydroxylation is 1. The summed E-state index contributed by atoms with van der Waals surface area (Å²) in [6, 6.07) is 3.59. The summed E-state index contributed by atoms with van der Waals surface area (Å²) in [5.41, 5.74) is 0. The molecule has 1 heterocycles. The quantitative estimate of drug-likeness (QED) is 0.777. The Bertz CT molecular complexity index is 306. The van der Waals surface area contributed by atoms with Crippen molar-refractivity contribution in [2.24, 2.45) is 0 Å². The Balaban J connectivity index is 2.31. The van der Waals surface area contributed by atoms with Crippen LogP contribution in [0.3, 0.4) is 0 Å². The molecule has 2 nitrogen and oxygen atoms in total. The number of halogens is 3. The van der Waals surface area contributed by atoms with Crippen LogP contribution in [-0.4, -0.2) is 31.2 Å². The van der Waals surface area contributed by atoms with E-state index in [-0.39, 0.29) is 0 Å². The summed E-state index contributed by atoms with van der Waals surface area (Å²) in [6.45, 7) is 1.27. The number of alkyl halides is 3. The van der Waals surface area contributed by atoms with E-state index in [1.54, 1.807) is 12.1 Å². The number of hydrogen-bond donors (Lipinski definition) is 0. The van der Waals surface area contributed by atoms with E-state index in [1.165, 1.54) is 11.9 Å². The van der Waals surface area contributed by atoms with Crippen molar-refractivity contribution in [2.45, 2.75) is 19.5 Å². The van der Waals surface area contributed by atoms with E-state index in [0.717, 1.165) is 11.5 Å². The van der Waals surface area contributed by atoms with Crippen molar-refractivity contribution in [1.82, 2.24) is 4.90 Å². The SMILES string of the molecule is Cc1ccc(CCN(C)CC(F)(F)F)o1. The van der Waals surface area contributed by atoms with Crippen LogP contribution < -0.4 is 0 Å². The van der Waals surface area contributed by atoms with Gasteiger partial charge in [-0.1, -0.05) is 0 Å². The van der Waals surface area contributed by atoms with E-state index in [0.29, 0.717) is 13.0 Å². The van der Waals surface area contributed by atoms with Crippen molar-refractivity contribution in [3.8, 4) is 0 Å². The van der Waals surface area contributed by atoms with Gasteiger partial charge in [0.2, 0.25) is 0 Å². The predicted molar refractivity (Wildman–Crippen MR) is 50.7 cm³/mol. The topological polar surface area (TPSA) is 16.4 Å². The molecule has 0 unspecified atom stereocenters. The molecule has 0 atom stereocenters. The first kappa shape index (κ1) is 12.1. The number of likely N-dealkylation sites (N-methyl/N-ethyl adjacent to an activating group) is 1. The molecule has 0 amide bonds. The lowest BCUT2D eigenvalue weighted by Crippen LogP contribution is -2.32. The van der Waals surface area contributed by atoms with Crippen LogP contribution in [0.15, 0.2) is 16.5 Å². The van der Waals surface area contributed by atoms with Crippen molar-refractivity contribution >= 4 is 0 Å². The summed E-state index contributed by atoms with van der Waals surface area (Å²) in [7, 11) is 1.45. The molecule has 0 aliphatic heterocycles. The highest BCUT2D eigenvalue weighted by Crippen LogP contribution is 2.16. The number of furan rings is 1. The molecule has 5 heteroatoms. The zero-order chi connectivity index (χ0) is 11.5. The zero-order valence-electron chi connectivity index (χ0n) is 8.77. The van der Waals surface area contributed by atoms with Crippen molar-refractivity contribution in [2.75, 3.05) is 20.1 Å². The molecule has 0 saturated heterocycles. The molecule has 86 valence electrons. The minimum absolute atomic E-state index is 0.340. The highest BCUT2D eigenvalue weighted by Gasteiger charge is 2.28. The molecular weight excluding hydrogens is 207 g/mol. The summed E-state index contributed by atoms with van der Waals surface area (Å²) in [5.74, 6) is 1.50. The maximum absolute atomic E-state index is 12.0. The molecule has 0 aliphatic rings. The van der Waals surface area contributed by atoms with Gasteiger partial charge in [-0.15, -0.1) is 0 Å². The molecule has 15 heavy (non-hydrogen) atoms. The van der Waals surface area contributed by atoms with Crippen molar-refractivity contribution in [3.05, 3.63) is 23.7 Å². The Hall–Kier alpha value is -0.970. The van der Waals surface area contributed by atoms with Crippen LogP contribution in [0, 0.1) is 6.92 Å². The maximum Gasteiger partial charge on any atom is 0.401 e. The standard InChI is InChI=1S/C10H14F3NO/c1-8-3-4-9(15-8)5-6-14(2)7-10(11,12)13/h3-4H,5-7H2,1-2H3. The van der Waals surface area contributed by atoms with Crippen LogP contribution in [0.4, 0.5) is 13.2 Å². The third-order valence-corrected chi connectivity index (χ3v) is 1.99. The van der Waals surface area contributed by atoms with E-state index in [2.05, 4.69) is 0 Å². The van der Waals surface area contributed by atoms with Gasteiger partial charge in [-0.05, 0) is 26.1 Å². The molecule has 0 N–H and O–H groups in total. The molecular formula is C10H14F3NO. The van der Waals surface area contributed by atoms with Crippen LogP contribution in [0.1, 0.15) is 11.5 Å². The van der Waals surface area contributed by atoms with Crippen LogP contribution in [0.5, 0.6) is 0 Å². The number of nitrogens with zero attached hydrogens (tertiary/aromatic N) is 1. The number of hydrogen-bond acceptors (Lipinski definition) is 2. The lowest BCUT2D eigenvalue weighted by atomic mass is 10.3. The second kappa shape index (κ2) is 4.70. The zero-order valence-corrected chi connectivity index (χ0v) is 8.77. The van der Waals surface area contributed by atoms with E-state index in [9.17, 15) is 13.2 Å². The van der Waals surface area contributed by atoms with E-state index in [1.807, 2.05) is 6.92 Å². The van der Waals surface area contributed by atoms with Gasteiger partial charge in [-0.2, -0.15) is 13.2 Å². The average Bonchev–Trinajstić information content (AvgIpc) is 2.45. The molecule has 0 fully saturated rings. The monoisotopic (exact) mass is 221 g/mol. The van der Waals surface area contributed by atoms with Crippen LogP contribution in [0.2, 0.25) is 0 Å². The Morgan fingerprint density at radius 2 is 2.00 bits per heavy atom. The largest absolute Gasteiger partial charge is 0.466 e. The lowest BCUT2D eigenvalue weighted by molar-refractivity contribution is -0.142.